The molecule has 6 nitrogen and oxygen atoms in total. The lowest BCUT2D eigenvalue weighted by Crippen LogP contribution is -2.58. The summed E-state index contributed by atoms with van der Waals surface area (Å²) in [7, 11) is 0. The van der Waals surface area contributed by atoms with Gasteiger partial charge in [-0.15, -0.1) is 0 Å². The molecule has 1 aliphatic rings. The summed E-state index contributed by atoms with van der Waals surface area (Å²) in [6.45, 7) is 5.55. The van der Waals surface area contributed by atoms with Crippen LogP contribution >= 0.6 is 0 Å². The Labute approximate surface area is 94.6 Å². The molecular formula is C10H18N2O4. The summed E-state index contributed by atoms with van der Waals surface area (Å²) in [6, 6.07) is -0.227. The van der Waals surface area contributed by atoms with Crippen LogP contribution in [0.1, 0.15) is 20.3 Å². The van der Waals surface area contributed by atoms with E-state index in [1.54, 1.807) is 4.90 Å². The van der Waals surface area contributed by atoms with Crippen LogP contribution in [-0.2, 0) is 9.53 Å². The molecule has 0 radical (unpaired) electrons. The van der Waals surface area contributed by atoms with Gasteiger partial charge in [-0.05, 0) is 13.8 Å². The van der Waals surface area contributed by atoms with Gasteiger partial charge in [-0.1, -0.05) is 0 Å². The number of amides is 2. The number of hydrogen-bond donors (Lipinski definition) is 2. The topological polar surface area (TPSA) is 78.9 Å². The molecule has 1 saturated heterocycles. The highest BCUT2D eigenvalue weighted by atomic mass is 16.5. The van der Waals surface area contributed by atoms with Crippen molar-refractivity contribution in [1.29, 1.82) is 0 Å². The molecule has 0 aromatic carbocycles. The molecular weight excluding hydrogens is 212 g/mol. The predicted octanol–water partition coefficient (Wildman–Crippen LogP) is 0.281. The van der Waals surface area contributed by atoms with Crippen molar-refractivity contribution in [3.05, 3.63) is 0 Å². The Morgan fingerprint density at radius 2 is 2.19 bits per heavy atom. The molecule has 0 unspecified atom stereocenters. The monoisotopic (exact) mass is 230 g/mol. The van der Waals surface area contributed by atoms with Gasteiger partial charge in [0.05, 0.1) is 25.2 Å². The van der Waals surface area contributed by atoms with Gasteiger partial charge in [0.25, 0.3) is 0 Å². The van der Waals surface area contributed by atoms with Crippen LogP contribution in [0.5, 0.6) is 0 Å². The van der Waals surface area contributed by atoms with Crippen LogP contribution in [-0.4, -0.2) is 53.8 Å². The first kappa shape index (κ1) is 12.8. The number of aliphatic carboxylic acids is 1. The van der Waals surface area contributed by atoms with Gasteiger partial charge in [-0.25, -0.2) is 4.79 Å². The second-order valence-electron chi connectivity index (χ2n) is 4.39. The minimum atomic E-state index is -0.915. The molecule has 1 heterocycles. The fraction of sp³-hybridized carbons (Fsp3) is 0.800. The summed E-state index contributed by atoms with van der Waals surface area (Å²) in [5.74, 6) is -0.915. The number of ether oxygens (including phenoxy) is 1. The second kappa shape index (κ2) is 5.16. The van der Waals surface area contributed by atoms with Crippen molar-refractivity contribution in [3.8, 4) is 0 Å². The number of nitrogens with zero attached hydrogens (tertiary/aromatic N) is 1. The number of carboxylic acids is 1. The highest BCUT2D eigenvalue weighted by Crippen LogP contribution is 2.18. The van der Waals surface area contributed by atoms with Gasteiger partial charge in [0.2, 0.25) is 0 Å². The molecule has 1 rings (SSSR count). The Balaban J connectivity index is 2.42. The van der Waals surface area contributed by atoms with Gasteiger partial charge in [0, 0.05) is 13.1 Å². The number of carboxylic acid groups (broad SMARTS) is 1. The molecule has 0 aromatic rings. The predicted molar refractivity (Wildman–Crippen MR) is 57.3 cm³/mol. The number of carbonyl (C=O) groups excluding carboxylic acids is 1. The number of morpholine rings is 1. The quantitative estimate of drug-likeness (QED) is 0.730. The van der Waals surface area contributed by atoms with Gasteiger partial charge in [-0.3, -0.25) is 4.79 Å². The highest BCUT2D eigenvalue weighted by molar-refractivity contribution is 5.76. The molecule has 0 atom stereocenters. The largest absolute Gasteiger partial charge is 0.481 e. The van der Waals surface area contributed by atoms with Crippen molar-refractivity contribution < 1.29 is 19.4 Å². The Kier molecular flexibility index (Phi) is 4.12. The average Bonchev–Trinajstić information content (AvgIpc) is 2.16. The van der Waals surface area contributed by atoms with Crippen LogP contribution in [0.3, 0.4) is 0 Å². The number of carbonyl (C=O) groups is 2. The molecule has 0 bridgehead atoms. The van der Waals surface area contributed by atoms with E-state index in [2.05, 4.69) is 5.32 Å². The van der Waals surface area contributed by atoms with Gasteiger partial charge < -0.3 is 20.1 Å². The van der Waals surface area contributed by atoms with Crippen molar-refractivity contribution in [2.45, 2.75) is 25.8 Å². The summed E-state index contributed by atoms with van der Waals surface area (Å²) < 4.78 is 5.29. The summed E-state index contributed by atoms with van der Waals surface area (Å²) >= 11 is 0. The lowest BCUT2D eigenvalue weighted by molar-refractivity contribution is -0.136. The maximum Gasteiger partial charge on any atom is 0.318 e. The van der Waals surface area contributed by atoms with E-state index in [-0.39, 0.29) is 24.5 Å². The maximum absolute atomic E-state index is 11.8. The van der Waals surface area contributed by atoms with Crippen molar-refractivity contribution in [3.63, 3.8) is 0 Å². The van der Waals surface area contributed by atoms with Gasteiger partial charge in [0.15, 0.2) is 0 Å². The van der Waals surface area contributed by atoms with Crippen LogP contribution in [0.25, 0.3) is 0 Å². The summed E-state index contributed by atoms with van der Waals surface area (Å²) in [6.07, 6.45) is -0.0590. The van der Waals surface area contributed by atoms with Gasteiger partial charge >= 0.3 is 12.0 Å². The van der Waals surface area contributed by atoms with E-state index < -0.39 is 5.97 Å². The molecule has 0 aliphatic carbocycles. The van der Waals surface area contributed by atoms with Crippen LogP contribution in [0.15, 0.2) is 0 Å². The molecule has 0 aromatic heterocycles. The first-order valence-electron chi connectivity index (χ1n) is 5.28. The zero-order chi connectivity index (χ0) is 12.2. The standard InChI is InChI=1S/C10H18N2O4/c1-10(2)7-16-6-5-12(10)9(15)11-4-3-8(13)14/h3-7H2,1-2H3,(H,11,15)(H,13,14). The second-order valence-corrected chi connectivity index (χ2v) is 4.39. The molecule has 16 heavy (non-hydrogen) atoms. The molecule has 1 fully saturated rings. The van der Waals surface area contributed by atoms with E-state index in [1.165, 1.54) is 0 Å². The summed E-state index contributed by atoms with van der Waals surface area (Å²) in [5.41, 5.74) is -0.342. The Bertz CT molecular complexity index is 278. The highest BCUT2D eigenvalue weighted by Gasteiger charge is 2.33. The normalized spacial score (nSPS) is 19.2. The minimum Gasteiger partial charge on any atom is -0.481 e. The number of nitrogens with one attached hydrogen (secondary N) is 1. The molecule has 6 heteroatoms. The van der Waals surface area contributed by atoms with E-state index in [9.17, 15) is 9.59 Å². The zero-order valence-corrected chi connectivity index (χ0v) is 9.65. The third kappa shape index (κ3) is 3.37. The smallest absolute Gasteiger partial charge is 0.318 e. The zero-order valence-electron chi connectivity index (χ0n) is 9.65. The lowest BCUT2D eigenvalue weighted by Gasteiger charge is -2.41. The average molecular weight is 230 g/mol. The maximum atomic E-state index is 11.8. The van der Waals surface area contributed by atoms with E-state index in [1.807, 2.05) is 13.8 Å². The molecule has 92 valence electrons. The number of hydrogen-bond acceptors (Lipinski definition) is 3. The molecule has 0 spiro atoms. The van der Waals surface area contributed by atoms with Gasteiger partial charge in [0.1, 0.15) is 0 Å². The fourth-order valence-electron chi connectivity index (χ4n) is 1.61. The van der Waals surface area contributed by atoms with Crippen molar-refractivity contribution in [1.82, 2.24) is 10.2 Å². The number of urea groups is 1. The van der Waals surface area contributed by atoms with E-state index in [0.29, 0.717) is 19.8 Å². The van der Waals surface area contributed by atoms with E-state index in [4.69, 9.17) is 9.84 Å². The lowest BCUT2D eigenvalue weighted by atomic mass is 10.0. The van der Waals surface area contributed by atoms with Crippen LogP contribution in [0, 0.1) is 0 Å². The fourth-order valence-corrected chi connectivity index (χ4v) is 1.61. The number of rotatable bonds is 3. The summed E-state index contributed by atoms with van der Waals surface area (Å²) in [4.78, 5) is 23.7. The van der Waals surface area contributed by atoms with Crippen molar-refractivity contribution in [2.24, 2.45) is 0 Å². The minimum absolute atomic E-state index is 0.0590. The molecule has 1 aliphatic heterocycles. The molecule has 0 saturated carbocycles. The third-order valence-electron chi connectivity index (χ3n) is 2.51. The van der Waals surface area contributed by atoms with Crippen LogP contribution in [0.4, 0.5) is 4.79 Å². The van der Waals surface area contributed by atoms with Crippen molar-refractivity contribution >= 4 is 12.0 Å². The SMILES string of the molecule is CC1(C)COCCN1C(=O)NCCC(=O)O. The van der Waals surface area contributed by atoms with Gasteiger partial charge in [-0.2, -0.15) is 0 Å². The first-order valence-corrected chi connectivity index (χ1v) is 5.28. The van der Waals surface area contributed by atoms with E-state index in [0.717, 1.165) is 0 Å². The van der Waals surface area contributed by atoms with Crippen LogP contribution < -0.4 is 5.32 Å². The van der Waals surface area contributed by atoms with Crippen LogP contribution in [0.2, 0.25) is 0 Å². The summed E-state index contributed by atoms with van der Waals surface area (Å²) in [5, 5.41) is 11.0. The van der Waals surface area contributed by atoms with E-state index >= 15 is 0 Å². The molecule has 2 amide bonds. The molecule has 2 N–H and O–H groups in total. The third-order valence-corrected chi connectivity index (χ3v) is 2.51. The Morgan fingerprint density at radius 3 is 2.75 bits per heavy atom. The first-order chi connectivity index (χ1) is 7.43. The Hall–Kier alpha value is -1.30. The van der Waals surface area contributed by atoms with Crippen molar-refractivity contribution in [2.75, 3.05) is 26.3 Å². The Morgan fingerprint density at radius 1 is 1.50 bits per heavy atom.